The maximum Gasteiger partial charge on any atom is 0.276 e. The number of rotatable bonds is 3. The molecule has 3 aromatic rings. The molecule has 2 heterocycles. The van der Waals surface area contributed by atoms with Crippen LogP contribution in [0.15, 0.2) is 28.8 Å². The van der Waals surface area contributed by atoms with E-state index >= 15 is 0 Å². The highest BCUT2D eigenvalue weighted by molar-refractivity contribution is 6.30. The van der Waals surface area contributed by atoms with E-state index in [1.807, 2.05) is 0 Å². The van der Waals surface area contributed by atoms with Gasteiger partial charge in [0.05, 0.1) is 12.7 Å². The molecule has 3 N–H and O–H groups in total. The third-order valence-electron chi connectivity index (χ3n) is 2.66. The molecule has 102 valence electrons. The Labute approximate surface area is 118 Å². The molecule has 0 amide bonds. The zero-order valence-corrected chi connectivity index (χ0v) is 11.2. The average molecular weight is 292 g/mol. The zero-order chi connectivity index (χ0) is 14.1. The Morgan fingerprint density at radius 2 is 2.20 bits per heavy atom. The van der Waals surface area contributed by atoms with Crippen LogP contribution in [0.1, 0.15) is 0 Å². The summed E-state index contributed by atoms with van der Waals surface area (Å²) < 4.78 is 10.4. The first-order chi connectivity index (χ1) is 9.67. The van der Waals surface area contributed by atoms with Crippen LogP contribution in [0.4, 0.5) is 5.82 Å². The lowest BCUT2D eigenvalue weighted by molar-refractivity contribution is 0.413. The number of ether oxygens (including phenoxy) is 1. The number of H-pyrrole nitrogens is 1. The molecule has 0 spiro atoms. The van der Waals surface area contributed by atoms with E-state index in [-0.39, 0.29) is 0 Å². The molecule has 0 unspecified atom stereocenters. The number of methoxy groups -OCH3 is 1. The van der Waals surface area contributed by atoms with E-state index in [4.69, 9.17) is 26.6 Å². The van der Waals surface area contributed by atoms with Gasteiger partial charge >= 0.3 is 0 Å². The predicted molar refractivity (Wildman–Crippen MR) is 73.3 cm³/mol. The zero-order valence-electron chi connectivity index (χ0n) is 10.4. The van der Waals surface area contributed by atoms with E-state index in [1.54, 1.807) is 31.4 Å². The van der Waals surface area contributed by atoms with Gasteiger partial charge in [0.2, 0.25) is 5.82 Å². The first kappa shape index (κ1) is 12.5. The number of aromatic nitrogens is 4. The number of aromatic amines is 1. The van der Waals surface area contributed by atoms with Crippen LogP contribution in [-0.2, 0) is 0 Å². The van der Waals surface area contributed by atoms with Crippen molar-refractivity contribution >= 4 is 17.4 Å². The fourth-order valence-corrected chi connectivity index (χ4v) is 1.90. The maximum atomic E-state index is 5.92. The van der Waals surface area contributed by atoms with Crippen molar-refractivity contribution in [2.45, 2.75) is 0 Å². The summed E-state index contributed by atoms with van der Waals surface area (Å²) >= 11 is 5.92. The molecule has 2 aromatic heterocycles. The summed E-state index contributed by atoms with van der Waals surface area (Å²) in [6.07, 6.45) is 0. The van der Waals surface area contributed by atoms with Crippen molar-refractivity contribution in [1.29, 1.82) is 0 Å². The fourth-order valence-electron chi connectivity index (χ4n) is 1.74. The van der Waals surface area contributed by atoms with E-state index in [1.165, 1.54) is 0 Å². The standard InChI is InChI=1S/C12H10ClN5O2/c1-19-9-4-6(13)2-3-7(9)11-15-12(20-18-11)8-5-10(14)17-16-8/h2-5H,1H3,(H3,14,16,17). The molecule has 20 heavy (non-hydrogen) atoms. The molecular formula is C12H10ClN5O2. The van der Waals surface area contributed by atoms with Crippen LogP contribution in [0.2, 0.25) is 5.02 Å². The van der Waals surface area contributed by atoms with Gasteiger partial charge in [0.25, 0.3) is 5.89 Å². The molecule has 0 saturated heterocycles. The lowest BCUT2D eigenvalue weighted by Crippen LogP contribution is -1.89. The Bertz CT molecular complexity index is 752. The molecule has 3 rings (SSSR count). The van der Waals surface area contributed by atoms with Gasteiger partial charge in [0, 0.05) is 11.1 Å². The van der Waals surface area contributed by atoms with E-state index in [0.29, 0.717) is 39.6 Å². The molecule has 1 aromatic carbocycles. The summed E-state index contributed by atoms with van der Waals surface area (Å²) in [6, 6.07) is 6.78. The summed E-state index contributed by atoms with van der Waals surface area (Å²) in [7, 11) is 1.55. The number of nitrogens with two attached hydrogens (primary N) is 1. The minimum atomic E-state index is 0.293. The number of nitrogen functional groups attached to an aromatic ring is 1. The minimum absolute atomic E-state index is 0.293. The summed E-state index contributed by atoms with van der Waals surface area (Å²) in [5.74, 6) is 1.60. The third kappa shape index (κ3) is 2.19. The van der Waals surface area contributed by atoms with Gasteiger partial charge in [-0.1, -0.05) is 16.8 Å². The molecular weight excluding hydrogens is 282 g/mol. The largest absolute Gasteiger partial charge is 0.496 e. The molecule has 8 heteroatoms. The predicted octanol–water partition coefficient (Wildman–Crippen LogP) is 2.37. The van der Waals surface area contributed by atoms with Gasteiger partial charge in [-0.2, -0.15) is 10.1 Å². The van der Waals surface area contributed by atoms with Gasteiger partial charge in [-0.15, -0.1) is 0 Å². The van der Waals surface area contributed by atoms with Gasteiger partial charge in [0.1, 0.15) is 17.3 Å². The first-order valence-corrected chi connectivity index (χ1v) is 6.04. The average Bonchev–Trinajstić information content (AvgIpc) is 3.07. The summed E-state index contributed by atoms with van der Waals surface area (Å²) in [6.45, 7) is 0. The number of halogens is 1. The van der Waals surface area contributed by atoms with Crippen molar-refractivity contribution in [1.82, 2.24) is 20.3 Å². The normalized spacial score (nSPS) is 10.7. The van der Waals surface area contributed by atoms with Crippen LogP contribution in [0.3, 0.4) is 0 Å². The maximum absolute atomic E-state index is 5.92. The Morgan fingerprint density at radius 1 is 1.35 bits per heavy atom. The van der Waals surface area contributed by atoms with Crippen molar-refractivity contribution in [2.24, 2.45) is 0 Å². The van der Waals surface area contributed by atoms with Gasteiger partial charge in [0.15, 0.2) is 0 Å². The summed E-state index contributed by atoms with van der Waals surface area (Å²) in [5.41, 5.74) is 6.76. The van der Waals surface area contributed by atoms with Gasteiger partial charge in [-0.3, -0.25) is 5.10 Å². The van der Waals surface area contributed by atoms with Crippen molar-refractivity contribution < 1.29 is 9.26 Å². The van der Waals surface area contributed by atoms with Crippen molar-refractivity contribution in [3.63, 3.8) is 0 Å². The number of anilines is 1. The van der Waals surface area contributed by atoms with Crippen LogP contribution in [0, 0.1) is 0 Å². The molecule has 0 fully saturated rings. The molecule has 0 atom stereocenters. The van der Waals surface area contributed by atoms with E-state index in [9.17, 15) is 0 Å². The van der Waals surface area contributed by atoms with Crippen LogP contribution in [0.5, 0.6) is 5.75 Å². The quantitative estimate of drug-likeness (QED) is 0.768. The lowest BCUT2D eigenvalue weighted by Gasteiger charge is -2.04. The molecule has 0 aliphatic heterocycles. The second-order valence-electron chi connectivity index (χ2n) is 3.97. The highest BCUT2D eigenvalue weighted by Gasteiger charge is 2.16. The van der Waals surface area contributed by atoms with E-state index in [2.05, 4.69) is 20.3 Å². The Kier molecular flexibility index (Phi) is 3.03. The lowest BCUT2D eigenvalue weighted by atomic mass is 10.2. The number of hydrogen-bond donors (Lipinski definition) is 2. The van der Waals surface area contributed by atoms with E-state index < -0.39 is 0 Å². The Hall–Kier alpha value is -2.54. The SMILES string of the molecule is COc1cc(Cl)ccc1-c1noc(-c2cc(N)n[nH]2)n1. The first-order valence-electron chi connectivity index (χ1n) is 5.66. The van der Waals surface area contributed by atoms with Crippen LogP contribution in [-0.4, -0.2) is 27.4 Å². The van der Waals surface area contributed by atoms with Crippen LogP contribution >= 0.6 is 11.6 Å². The molecule has 0 saturated carbocycles. The van der Waals surface area contributed by atoms with Crippen molar-refractivity contribution in [2.75, 3.05) is 12.8 Å². The van der Waals surface area contributed by atoms with Crippen molar-refractivity contribution in [3.05, 3.63) is 29.3 Å². The molecule has 0 radical (unpaired) electrons. The molecule has 0 bridgehead atoms. The second kappa shape index (κ2) is 4.86. The summed E-state index contributed by atoms with van der Waals surface area (Å²) in [5, 5.41) is 11.0. The molecule has 0 aliphatic rings. The Balaban J connectivity index is 2.02. The Morgan fingerprint density at radius 3 is 2.90 bits per heavy atom. The highest BCUT2D eigenvalue weighted by Crippen LogP contribution is 2.31. The molecule has 0 aliphatic carbocycles. The highest BCUT2D eigenvalue weighted by atomic mass is 35.5. The topological polar surface area (TPSA) is 103 Å². The second-order valence-corrected chi connectivity index (χ2v) is 4.41. The number of benzene rings is 1. The van der Waals surface area contributed by atoms with Crippen molar-refractivity contribution in [3.8, 4) is 28.7 Å². The fraction of sp³-hybridized carbons (Fsp3) is 0.0833. The number of nitrogens with zero attached hydrogens (tertiary/aromatic N) is 3. The minimum Gasteiger partial charge on any atom is -0.496 e. The van der Waals surface area contributed by atoms with Crippen LogP contribution < -0.4 is 10.5 Å². The monoisotopic (exact) mass is 291 g/mol. The van der Waals surface area contributed by atoms with Gasteiger partial charge < -0.3 is 15.0 Å². The molecule has 7 nitrogen and oxygen atoms in total. The van der Waals surface area contributed by atoms with E-state index in [0.717, 1.165) is 0 Å². The summed E-state index contributed by atoms with van der Waals surface area (Å²) in [4.78, 5) is 4.27. The smallest absolute Gasteiger partial charge is 0.276 e. The number of hydrogen-bond acceptors (Lipinski definition) is 6. The third-order valence-corrected chi connectivity index (χ3v) is 2.89. The van der Waals surface area contributed by atoms with Crippen LogP contribution in [0.25, 0.3) is 23.0 Å². The van der Waals surface area contributed by atoms with Gasteiger partial charge in [-0.05, 0) is 18.2 Å². The van der Waals surface area contributed by atoms with Gasteiger partial charge in [-0.25, -0.2) is 0 Å². The number of nitrogens with one attached hydrogen (secondary N) is 1.